The highest BCUT2D eigenvalue weighted by Crippen LogP contribution is 2.15. The highest BCUT2D eigenvalue weighted by molar-refractivity contribution is 7.86. The molecule has 0 radical (unpaired) electrons. The van der Waals surface area contributed by atoms with Gasteiger partial charge in [-0.15, -0.1) is 0 Å². The zero-order chi connectivity index (χ0) is 11.3. The summed E-state index contributed by atoms with van der Waals surface area (Å²) in [5.74, 6) is 0. The van der Waals surface area contributed by atoms with Gasteiger partial charge in [0.2, 0.25) is 0 Å². The van der Waals surface area contributed by atoms with Gasteiger partial charge in [-0.1, -0.05) is 19.8 Å². The van der Waals surface area contributed by atoms with Crippen LogP contribution < -0.4 is 0 Å². The normalized spacial score (nSPS) is 19.7. The zero-order valence-corrected chi connectivity index (χ0v) is 10.6. The van der Waals surface area contributed by atoms with Gasteiger partial charge in [-0.05, 0) is 19.3 Å². The molecule has 0 amide bonds. The molecule has 0 N–H and O–H groups in total. The lowest BCUT2D eigenvalue weighted by molar-refractivity contribution is 0.314. The Morgan fingerprint density at radius 3 is 2.33 bits per heavy atom. The summed E-state index contributed by atoms with van der Waals surface area (Å²) in [6.45, 7) is 4.09. The van der Waals surface area contributed by atoms with E-state index in [0.717, 1.165) is 32.1 Å². The molecule has 0 aliphatic carbocycles. The van der Waals surface area contributed by atoms with Crippen molar-refractivity contribution in [2.24, 2.45) is 0 Å². The highest BCUT2D eigenvalue weighted by atomic mass is 32.2. The summed E-state index contributed by atoms with van der Waals surface area (Å²) in [5, 5.41) is 0. The third-order valence-corrected chi connectivity index (χ3v) is 4.85. The fraction of sp³-hybridized carbons (Fsp3) is 1.00. The van der Waals surface area contributed by atoms with Crippen molar-refractivity contribution >= 4 is 10.2 Å². The summed E-state index contributed by atoms with van der Waals surface area (Å²) in [4.78, 5) is 0. The number of unbranched alkanes of at least 4 members (excludes halogenated alkanes) is 1. The van der Waals surface area contributed by atoms with Crippen LogP contribution in [-0.4, -0.2) is 43.7 Å². The van der Waals surface area contributed by atoms with Gasteiger partial charge in [0.25, 0.3) is 10.2 Å². The van der Waals surface area contributed by atoms with Crippen LogP contribution in [0.25, 0.3) is 0 Å². The molecule has 0 aromatic rings. The highest BCUT2D eigenvalue weighted by Gasteiger charge is 2.27. The minimum Gasteiger partial charge on any atom is -0.195 e. The van der Waals surface area contributed by atoms with Crippen LogP contribution in [0.3, 0.4) is 0 Å². The van der Waals surface area contributed by atoms with Crippen LogP contribution in [0.4, 0.5) is 0 Å². The first-order chi connectivity index (χ1) is 7.09. The van der Waals surface area contributed by atoms with Gasteiger partial charge in [0.05, 0.1) is 0 Å². The molecule has 1 fully saturated rings. The van der Waals surface area contributed by atoms with Crippen molar-refractivity contribution in [1.29, 1.82) is 0 Å². The maximum absolute atomic E-state index is 12.0. The van der Waals surface area contributed by atoms with Crippen LogP contribution >= 0.6 is 0 Å². The second-order valence-corrected chi connectivity index (χ2v) is 6.18. The molecule has 1 heterocycles. The summed E-state index contributed by atoms with van der Waals surface area (Å²) >= 11 is 0. The van der Waals surface area contributed by atoms with Crippen LogP contribution in [0.5, 0.6) is 0 Å². The van der Waals surface area contributed by atoms with Crippen molar-refractivity contribution in [3.63, 3.8) is 0 Å². The summed E-state index contributed by atoms with van der Waals surface area (Å²) < 4.78 is 27.2. The smallest absolute Gasteiger partial charge is 0.195 e. The molecule has 1 aliphatic heterocycles. The Bertz CT molecular complexity index is 271. The Balaban J connectivity index is 2.55. The Labute approximate surface area is 93.4 Å². The number of hydrogen-bond acceptors (Lipinski definition) is 2. The summed E-state index contributed by atoms with van der Waals surface area (Å²) in [5.41, 5.74) is 0. The minimum absolute atomic E-state index is 0.634. The van der Waals surface area contributed by atoms with E-state index in [1.165, 1.54) is 4.31 Å². The minimum atomic E-state index is -3.17. The number of nitrogens with zero attached hydrogens (tertiary/aromatic N) is 2. The molecule has 0 bridgehead atoms. The standard InChI is InChI=1S/C10H22N2O2S/c1-3-4-8-11(2)15(13,14)12-9-6-5-7-10-12/h3-10H2,1-2H3. The van der Waals surface area contributed by atoms with E-state index < -0.39 is 10.2 Å². The average Bonchev–Trinajstić information content (AvgIpc) is 2.27. The van der Waals surface area contributed by atoms with Gasteiger partial charge in [0, 0.05) is 26.7 Å². The van der Waals surface area contributed by atoms with Gasteiger partial charge in [-0.2, -0.15) is 17.0 Å². The third-order valence-electron chi connectivity index (χ3n) is 2.86. The molecule has 4 nitrogen and oxygen atoms in total. The van der Waals surface area contributed by atoms with E-state index in [1.54, 1.807) is 11.4 Å². The SMILES string of the molecule is CCCCN(C)S(=O)(=O)N1CCCCC1. The molecule has 0 saturated carbocycles. The van der Waals surface area contributed by atoms with E-state index in [0.29, 0.717) is 19.6 Å². The molecule has 0 aromatic carbocycles. The first-order valence-corrected chi connectivity index (χ1v) is 7.20. The number of hydrogen-bond donors (Lipinski definition) is 0. The lowest BCUT2D eigenvalue weighted by Crippen LogP contribution is -2.44. The van der Waals surface area contributed by atoms with Crippen LogP contribution in [0.1, 0.15) is 39.0 Å². The average molecular weight is 234 g/mol. The molecule has 1 saturated heterocycles. The molecule has 90 valence electrons. The van der Waals surface area contributed by atoms with Crippen molar-refractivity contribution in [3.05, 3.63) is 0 Å². The molecule has 5 heteroatoms. The van der Waals surface area contributed by atoms with E-state index in [1.807, 2.05) is 0 Å². The monoisotopic (exact) mass is 234 g/mol. The third kappa shape index (κ3) is 3.43. The largest absolute Gasteiger partial charge is 0.281 e. The summed E-state index contributed by atoms with van der Waals surface area (Å²) in [6, 6.07) is 0. The van der Waals surface area contributed by atoms with Crippen molar-refractivity contribution in [2.75, 3.05) is 26.7 Å². The molecule has 0 atom stereocenters. The van der Waals surface area contributed by atoms with Gasteiger partial charge in [-0.25, -0.2) is 0 Å². The second-order valence-electron chi connectivity index (χ2n) is 4.14. The van der Waals surface area contributed by atoms with Crippen molar-refractivity contribution in [3.8, 4) is 0 Å². The van der Waals surface area contributed by atoms with E-state index in [-0.39, 0.29) is 0 Å². The van der Waals surface area contributed by atoms with Gasteiger partial charge in [0.15, 0.2) is 0 Å². The van der Waals surface area contributed by atoms with Crippen LogP contribution in [0, 0.1) is 0 Å². The lowest BCUT2D eigenvalue weighted by atomic mass is 10.2. The first-order valence-electron chi connectivity index (χ1n) is 5.80. The molecule has 1 aliphatic rings. The maximum Gasteiger partial charge on any atom is 0.281 e. The number of piperidine rings is 1. The Morgan fingerprint density at radius 1 is 1.20 bits per heavy atom. The van der Waals surface area contributed by atoms with E-state index in [4.69, 9.17) is 0 Å². The molecule has 15 heavy (non-hydrogen) atoms. The van der Waals surface area contributed by atoms with Crippen LogP contribution in [-0.2, 0) is 10.2 Å². The van der Waals surface area contributed by atoms with Gasteiger partial charge in [0.1, 0.15) is 0 Å². The van der Waals surface area contributed by atoms with E-state index in [9.17, 15) is 8.42 Å². The lowest BCUT2D eigenvalue weighted by Gasteiger charge is -2.30. The fourth-order valence-corrected chi connectivity index (χ4v) is 3.26. The zero-order valence-electron chi connectivity index (χ0n) is 9.78. The predicted molar refractivity (Wildman–Crippen MR) is 61.9 cm³/mol. The molecular formula is C10H22N2O2S. The van der Waals surface area contributed by atoms with Gasteiger partial charge < -0.3 is 0 Å². The van der Waals surface area contributed by atoms with Crippen molar-refractivity contribution < 1.29 is 8.42 Å². The summed E-state index contributed by atoms with van der Waals surface area (Å²) in [7, 11) is -1.49. The second kappa shape index (κ2) is 5.82. The predicted octanol–water partition coefficient (Wildman–Crippen LogP) is 1.45. The maximum atomic E-state index is 12.0. The van der Waals surface area contributed by atoms with E-state index in [2.05, 4.69) is 6.92 Å². The topological polar surface area (TPSA) is 40.6 Å². The van der Waals surface area contributed by atoms with Gasteiger partial charge >= 0.3 is 0 Å². The Hall–Kier alpha value is -0.130. The van der Waals surface area contributed by atoms with E-state index >= 15 is 0 Å². The summed E-state index contributed by atoms with van der Waals surface area (Å²) in [6.07, 6.45) is 5.12. The molecule has 0 unspecified atom stereocenters. The van der Waals surface area contributed by atoms with Crippen LogP contribution in [0.2, 0.25) is 0 Å². The number of rotatable bonds is 5. The van der Waals surface area contributed by atoms with Crippen LogP contribution in [0.15, 0.2) is 0 Å². The molecular weight excluding hydrogens is 212 g/mol. The first kappa shape index (κ1) is 12.9. The quantitative estimate of drug-likeness (QED) is 0.722. The fourth-order valence-electron chi connectivity index (χ4n) is 1.79. The molecule has 0 aromatic heterocycles. The molecule has 1 rings (SSSR count). The molecule has 0 spiro atoms. The van der Waals surface area contributed by atoms with Crippen molar-refractivity contribution in [1.82, 2.24) is 8.61 Å². The van der Waals surface area contributed by atoms with Crippen molar-refractivity contribution in [2.45, 2.75) is 39.0 Å². The van der Waals surface area contributed by atoms with Gasteiger partial charge in [-0.3, -0.25) is 0 Å². The Morgan fingerprint density at radius 2 is 1.80 bits per heavy atom. The Kier molecular flexibility index (Phi) is 5.02.